The number of aryl methyl sites for hydroxylation is 8. The van der Waals surface area contributed by atoms with Crippen LogP contribution in [-0.2, 0) is 0 Å². The highest BCUT2D eigenvalue weighted by atomic mass is 15.3. The molecule has 0 aliphatic carbocycles. The molecular formula is C32H39N5. The fourth-order valence-corrected chi connectivity index (χ4v) is 6.46. The third kappa shape index (κ3) is 3.25. The van der Waals surface area contributed by atoms with E-state index in [0.29, 0.717) is 0 Å². The minimum Gasteiger partial charge on any atom is -0.254 e. The second-order valence-corrected chi connectivity index (χ2v) is 11.0. The van der Waals surface area contributed by atoms with Crippen molar-refractivity contribution in [1.82, 2.24) is 24.5 Å². The van der Waals surface area contributed by atoms with Crippen molar-refractivity contribution >= 4 is 21.8 Å². The highest BCUT2D eigenvalue weighted by Gasteiger charge is 2.25. The van der Waals surface area contributed by atoms with Crippen molar-refractivity contribution in [2.75, 3.05) is 0 Å². The fraction of sp³-hybridized carbons (Fsp3) is 0.406. The van der Waals surface area contributed by atoms with Gasteiger partial charge < -0.3 is 0 Å². The van der Waals surface area contributed by atoms with Crippen LogP contribution in [0, 0.1) is 90.0 Å². The van der Waals surface area contributed by atoms with Crippen LogP contribution in [0.25, 0.3) is 33.2 Å². The number of benzene rings is 2. The lowest BCUT2D eigenvalue weighted by Crippen LogP contribution is -2.13. The van der Waals surface area contributed by atoms with Gasteiger partial charge in [-0.1, -0.05) is 0 Å². The molecule has 0 atom stereocenters. The van der Waals surface area contributed by atoms with E-state index in [4.69, 9.17) is 15.2 Å². The van der Waals surface area contributed by atoms with Gasteiger partial charge in [-0.2, -0.15) is 10.2 Å². The molecule has 3 aromatic heterocycles. The Labute approximate surface area is 220 Å². The lowest BCUT2D eigenvalue weighted by molar-refractivity contribution is 0.821. The van der Waals surface area contributed by atoms with E-state index in [9.17, 15) is 0 Å². The molecule has 192 valence electrons. The Morgan fingerprint density at radius 2 is 0.676 bits per heavy atom. The van der Waals surface area contributed by atoms with E-state index in [2.05, 4.69) is 99.4 Å². The molecular weight excluding hydrogens is 454 g/mol. The maximum atomic E-state index is 5.12. The zero-order chi connectivity index (χ0) is 27.2. The zero-order valence-electron chi connectivity index (χ0n) is 24.7. The molecule has 2 aromatic carbocycles. The molecule has 0 aliphatic heterocycles. The summed E-state index contributed by atoms with van der Waals surface area (Å²) in [5.41, 5.74) is 20.2. The summed E-state index contributed by atoms with van der Waals surface area (Å²) in [4.78, 5) is 5.08. The molecule has 0 N–H and O–H groups in total. The Bertz CT molecular complexity index is 1670. The molecule has 37 heavy (non-hydrogen) atoms. The van der Waals surface area contributed by atoms with E-state index in [-0.39, 0.29) is 0 Å². The number of hydrogen-bond acceptors (Lipinski definition) is 3. The predicted molar refractivity (Wildman–Crippen MR) is 155 cm³/mol. The quantitative estimate of drug-likeness (QED) is 0.252. The summed E-state index contributed by atoms with van der Waals surface area (Å²) >= 11 is 0. The van der Waals surface area contributed by atoms with Gasteiger partial charge in [0.2, 0.25) is 0 Å². The first-order chi connectivity index (χ1) is 17.3. The summed E-state index contributed by atoms with van der Waals surface area (Å²) in [6.45, 7) is 28.4. The Morgan fingerprint density at radius 3 is 1.03 bits per heavy atom. The first-order valence-electron chi connectivity index (χ1n) is 13.2. The number of fused-ring (bicyclic) bond motifs is 2. The Kier molecular flexibility index (Phi) is 5.63. The van der Waals surface area contributed by atoms with E-state index in [1.807, 2.05) is 0 Å². The first kappa shape index (κ1) is 25.2. The van der Waals surface area contributed by atoms with Crippen LogP contribution >= 0.6 is 0 Å². The molecule has 0 saturated heterocycles. The molecule has 0 fully saturated rings. The largest absolute Gasteiger partial charge is 0.254 e. The molecule has 0 amide bonds. The molecule has 0 unspecified atom stereocenters. The zero-order valence-corrected chi connectivity index (χ0v) is 24.7. The summed E-state index contributed by atoms with van der Waals surface area (Å²) in [5.74, 6) is 0. The minimum absolute atomic E-state index is 0.978. The van der Waals surface area contributed by atoms with Crippen LogP contribution in [0.4, 0.5) is 0 Å². The molecule has 3 heterocycles. The molecule has 5 nitrogen and oxygen atoms in total. The molecule has 0 aliphatic rings. The Balaban J connectivity index is 1.93. The minimum atomic E-state index is 0.978. The molecule has 5 rings (SSSR count). The van der Waals surface area contributed by atoms with Crippen LogP contribution in [0.15, 0.2) is 0 Å². The van der Waals surface area contributed by atoms with E-state index in [1.165, 1.54) is 66.3 Å². The highest BCUT2D eigenvalue weighted by Crippen LogP contribution is 2.38. The number of pyridine rings is 1. The van der Waals surface area contributed by atoms with E-state index in [0.717, 1.165) is 39.7 Å². The number of hydrogen-bond donors (Lipinski definition) is 0. The number of aromatic nitrogens is 5. The molecule has 5 heteroatoms. The van der Waals surface area contributed by atoms with Crippen LogP contribution in [0.5, 0.6) is 0 Å². The Hall–Kier alpha value is -3.47. The molecule has 0 saturated carbocycles. The number of rotatable bonds is 2. The molecule has 5 aromatic rings. The highest BCUT2D eigenvalue weighted by molar-refractivity contribution is 5.93. The van der Waals surface area contributed by atoms with Crippen LogP contribution in [-0.4, -0.2) is 24.5 Å². The second-order valence-electron chi connectivity index (χ2n) is 11.0. The monoisotopic (exact) mass is 493 g/mol. The second kappa shape index (κ2) is 8.27. The average molecular weight is 494 g/mol. The van der Waals surface area contributed by atoms with E-state index < -0.39 is 0 Å². The molecule has 0 bridgehead atoms. The average Bonchev–Trinajstić information content (AvgIpc) is 3.35. The topological polar surface area (TPSA) is 48.5 Å². The van der Waals surface area contributed by atoms with Crippen molar-refractivity contribution < 1.29 is 0 Å². The van der Waals surface area contributed by atoms with Gasteiger partial charge in [0.1, 0.15) is 0 Å². The van der Waals surface area contributed by atoms with E-state index in [1.54, 1.807) is 0 Å². The summed E-state index contributed by atoms with van der Waals surface area (Å²) in [5, 5.41) is 12.7. The van der Waals surface area contributed by atoms with Crippen molar-refractivity contribution in [3.63, 3.8) is 0 Å². The van der Waals surface area contributed by atoms with Gasteiger partial charge in [-0.25, -0.2) is 9.36 Å². The lowest BCUT2D eigenvalue weighted by atomic mass is 9.94. The first-order valence-corrected chi connectivity index (χ1v) is 13.2. The van der Waals surface area contributed by atoms with Crippen LogP contribution in [0.3, 0.4) is 0 Å². The third-order valence-electron chi connectivity index (χ3n) is 9.11. The van der Waals surface area contributed by atoms with Crippen LogP contribution < -0.4 is 0 Å². The summed E-state index contributed by atoms with van der Waals surface area (Å²) < 4.78 is 4.29. The SMILES string of the molecule is Cc1nc(C)c(-n2nc(C)c3c(C)c(C)c(C)c(C)c32)c(C)c1-n1nc(C)c2c(C)c(C)c(C)c(C)c21. The van der Waals surface area contributed by atoms with Gasteiger partial charge in [0.25, 0.3) is 0 Å². The maximum absolute atomic E-state index is 5.12. The van der Waals surface area contributed by atoms with Gasteiger partial charge in [0.15, 0.2) is 0 Å². The van der Waals surface area contributed by atoms with Crippen molar-refractivity contribution in [3.05, 3.63) is 72.8 Å². The third-order valence-corrected chi connectivity index (χ3v) is 9.11. The van der Waals surface area contributed by atoms with Gasteiger partial charge in [-0.05, 0) is 135 Å². The van der Waals surface area contributed by atoms with Crippen molar-refractivity contribution in [2.45, 2.75) is 90.0 Å². The standard InChI is InChI=1S/C32H39N5/c1-14-16(3)20(7)31-27(18(14)5)23(10)34-36(31)29-22(9)30(26(13)33-25(29)12)37-32-21(8)17(4)15(2)19(6)28(32)24(11)35-37/h1-13H3. The summed E-state index contributed by atoms with van der Waals surface area (Å²) in [7, 11) is 0. The van der Waals surface area contributed by atoms with Gasteiger partial charge in [-0.15, -0.1) is 0 Å². The molecule has 0 spiro atoms. The number of nitrogens with zero attached hydrogens (tertiary/aromatic N) is 5. The van der Waals surface area contributed by atoms with Gasteiger partial charge >= 0.3 is 0 Å². The van der Waals surface area contributed by atoms with E-state index >= 15 is 0 Å². The normalized spacial score (nSPS) is 11.9. The maximum Gasteiger partial charge on any atom is 0.0916 e. The Morgan fingerprint density at radius 1 is 0.351 bits per heavy atom. The van der Waals surface area contributed by atoms with Crippen molar-refractivity contribution in [3.8, 4) is 11.4 Å². The molecule has 0 radical (unpaired) electrons. The lowest BCUT2D eigenvalue weighted by Gasteiger charge is -2.20. The van der Waals surface area contributed by atoms with Gasteiger partial charge in [0, 0.05) is 16.3 Å². The fourth-order valence-electron chi connectivity index (χ4n) is 6.46. The van der Waals surface area contributed by atoms with Crippen LogP contribution in [0.1, 0.15) is 72.8 Å². The van der Waals surface area contributed by atoms with Gasteiger partial charge in [-0.3, -0.25) is 4.98 Å². The smallest absolute Gasteiger partial charge is 0.0916 e. The van der Waals surface area contributed by atoms with Crippen LogP contribution in [0.2, 0.25) is 0 Å². The van der Waals surface area contributed by atoms with Crippen molar-refractivity contribution in [2.24, 2.45) is 0 Å². The van der Waals surface area contributed by atoms with Gasteiger partial charge in [0.05, 0.1) is 45.2 Å². The summed E-state index contributed by atoms with van der Waals surface area (Å²) in [6.07, 6.45) is 0. The van der Waals surface area contributed by atoms with Crippen molar-refractivity contribution in [1.29, 1.82) is 0 Å². The predicted octanol–water partition coefficient (Wildman–Crippen LogP) is 7.77. The summed E-state index contributed by atoms with van der Waals surface area (Å²) in [6, 6.07) is 0.